The number of carbonyl (C=O) groups is 2. The van der Waals surface area contributed by atoms with Crippen LogP contribution in [0.4, 0.5) is 10.5 Å². The molecular formula is C13H20N4O3. The number of hydrogen-bond acceptors (Lipinski definition) is 4. The maximum Gasteiger partial charge on any atom is 0.319 e. The smallest absolute Gasteiger partial charge is 0.319 e. The van der Waals surface area contributed by atoms with Crippen molar-refractivity contribution in [3.8, 4) is 0 Å². The van der Waals surface area contributed by atoms with Crippen LogP contribution in [0.5, 0.6) is 0 Å². The lowest BCUT2D eigenvalue weighted by atomic mass is 10.1. The van der Waals surface area contributed by atoms with Crippen LogP contribution in [0.15, 0.2) is 24.3 Å². The zero-order valence-corrected chi connectivity index (χ0v) is 11.4. The Morgan fingerprint density at radius 1 is 1.40 bits per heavy atom. The van der Waals surface area contributed by atoms with E-state index < -0.39 is 5.91 Å². The van der Waals surface area contributed by atoms with Crippen molar-refractivity contribution >= 4 is 17.6 Å². The van der Waals surface area contributed by atoms with E-state index in [2.05, 4.69) is 10.6 Å². The van der Waals surface area contributed by atoms with Crippen LogP contribution in [-0.4, -0.2) is 31.7 Å². The topological polar surface area (TPSA) is 119 Å². The molecule has 3 amide bonds. The second-order valence-corrected chi connectivity index (χ2v) is 4.31. The summed E-state index contributed by atoms with van der Waals surface area (Å²) in [6.07, 6.45) is 0. The van der Waals surface area contributed by atoms with E-state index >= 15 is 0 Å². The van der Waals surface area contributed by atoms with Crippen LogP contribution in [0.3, 0.4) is 0 Å². The lowest BCUT2D eigenvalue weighted by molar-refractivity contribution is -0.122. The van der Waals surface area contributed by atoms with Crippen LogP contribution in [0.1, 0.15) is 18.5 Å². The summed E-state index contributed by atoms with van der Waals surface area (Å²) < 4.78 is 4.91. The molecule has 6 N–H and O–H groups in total. The van der Waals surface area contributed by atoms with E-state index in [4.69, 9.17) is 16.2 Å². The number of urea groups is 1. The van der Waals surface area contributed by atoms with Gasteiger partial charge < -0.3 is 26.8 Å². The summed E-state index contributed by atoms with van der Waals surface area (Å²) in [5.41, 5.74) is 12.3. The number of amides is 3. The van der Waals surface area contributed by atoms with Gasteiger partial charge in [-0.15, -0.1) is 0 Å². The number of primary amides is 1. The number of rotatable bonds is 7. The third-order valence-corrected chi connectivity index (χ3v) is 2.45. The predicted octanol–water partition coefficient (Wildman–Crippen LogP) is 0.330. The molecular weight excluding hydrogens is 260 g/mol. The molecule has 1 atom stereocenters. The maximum absolute atomic E-state index is 11.6. The minimum atomic E-state index is -0.540. The number of carbonyl (C=O) groups excluding carboxylic acids is 2. The molecule has 0 radical (unpaired) electrons. The van der Waals surface area contributed by atoms with Crippen molar-refractivity contribution in [1.82, 2.24) is 5.32 Å². The van der Waals surface area contributed by atoms with Gasteiger partial charge in [0.05, 0.1) is 6.61 Å². The maximum atomic E-state index is 11.6. The molecule has 1 aromatic rings. The van der Waals surface area contributed by atoms with Gasteiger partial charge in [0.15, 0.2) is 0 Å². The Morgan fingerprint density at radius 2 is 2.15 bits per heavy atom. The van der Waals surface area contributed by atoms with Gasteiger partial charge in [0.25, 0.3) is 0 Å². The van der Waals surface area contributed by atoms with Crippen molar-refractivity contribution in [1.29, 1.82) is 0 Å². The number of benzene rings is 1. The Hall–Kier alpha value is -2.12. The molecule has 0 aromatic heterocycles. The van der Waals surface area contributed by atoms with Gasteiger partial charge in [-0.3, -0.25) is 4.79 Å². The van der Waals surface area contributed by atoms with Crippen LogP contribution in [-0.2, 0) is 9.53 Å². The van der Waals surface area contributed by atoms with Crippen molar-refractivity contribution in [3.63, 3.8) is 0 Å². The predicted molar refractivity (Wildman–Crippen MR) is 76.1 cm³/mol. The summed E-state index contributed by atoms with van der Waals surface area (Å²) in [6.45, 7) is 2.22. The zero-order chi connectivity index (χ0) is 15.0. The number of nitrogens with one attached hydrogen (secondary N) is 2. The van der Waals surface area contributed by atoms with Crippen molar-refractivity contribution < 1.29 is 14.3 Å². The normalized spacial score (nSPS) is 11.7. The van der Waals surface area contributed by atoms with Crippen molar-refractivity contribution in [2.45, 2.75) is 13.0 Å². The number of ether oxygens (including phenoxy) is 1. The summed E-state index contributed by atoms with van der Waals surface area (Å²) in [5.74, 6) is -0.540. The van der Waals surface area contributed by atoms with Crippen LogP contribution < -0.4 is 22.1 Å². The highest BCUT2D eigenvalue weighted by atomic mass is 16.5. The molecule has 0 aliphatic carbocycles. The molecule has 0 aliphatic heterocycles. The van der Waals surface area contributed by atoms with E-state index in [9.17, 15) is 9.59 Å². The molecule has 7 nitrogen and oxygen atoms in total. The summed E-state index contributed by atoms with van der Waals surface area (Å²) in [5, 5.41) is 5.28. The number of hydrogen-bond donors (Lipinski definition) is 4. The van der Waals surface area contributed by atoms with Crippen LogP contribution in [0.25, 0.3) is 0 Å². The van der Waals surface area contributed by atoms with Crippen LogP contribution in [0.2, 0.25) is 0 Å². The van der Waals surface area contributed by atoms with Gasteiger partial charge in [0, 0.05) is 18.3 Å². The summed E-state index contributed by atoms with van der Waals surface area (Å²) >= 11 is 0. The average molecular weight is 280 g/mol. The molecule has 1 rings (SSSR count). The standard InChI is InChI=1S/C13H20N4O3/c1-9(14)10-3-2-4-11(7-10)17-13(19)16-5-6-20-8-12(15)18/h2-4,7,9H,5-6,8,14H2,1H3,(H2,15,18)(H2,16,17,19). The fourth-order valence-corrected chi connectivity index (χ4v) is 1.48. The Kier molecular flexibility index (Phi) is 6.48. The van der Waals surface area contributed by atoms with Crippen molar-refractivity contribution in [3.05, 3.63) is 29.8 Å². The van der Waals surface area contributed by atoms with E-state index in [-0.39, 0.29) is 31.8 Å². The SMILES string of the molecule is CC(N)c1cccc(NC(=O)NCCOCC(N)=O)c1. The largest absolute Gasteiger partial charge is 0.370 e. The van der Waals surface area contributed by atoms with Gasteiger partial charge in [-0.2, -0.15) is 0 Å². The molecule has 0 fully saturated rings. The molecule has 1 aromatic carbocycles. The Bertz CT molecular complexity index is 463. The Balaban J connectivity index is 2.31. The Labute approximate surface area is 117 Å². The van der Waals surface area contributed by atoms with Gasteiger partial charge in [-0.1, -0.05) is 12.1 Å². The second-order valence-electron chi connectivity index (χ2n) is 4.31. The molecule has 0 bridgehead atoms. The Morgan fingerprint density at radius 3 is 2.80 bits per heavy atom. The molecule has 0 heterocycles. The van der Waals surface area contributed by atoms with Gasteiger partial charge in [0.1, 0.15) is 6.61 Å². The molecule has 110 valence electrons. The second kappa shape index (κ2) is 8.13. The quantitative estimate of drug-likeness (QED) is 0.538. The molecule has 0 aliphatic rings. The first-order valence-electron chi connectivity index (χ1n) is 6.25. The highest BCUT2D eigenvalue weighted by Crippen LogP contribution is 2.15. The van der Waals surface area contributed by atoms with E-state index in [0.717, 1.165) is 5.56 Å². The van der Waals surface area contributed by atoms with E-state index in [1.807, 2.05) is 25.1 Å². The lowest BCUT2D eigenvalue weighted by Gasteiger charge is -2.10. The fraction of sp³-hybridized carbons (Fsp3) is 0.385. The molecule has 0 saturated carbocycles. The number of anilines is 1. The first kappa shape index (κ1) is 15.9. The minimum absolute atomic E-state index is 0.0954. The monoisotopic (exact) mass is 280 g/mol. The fourth-order valence-electron chi connectivity index (χ4n) is 1.48. The molecule has 1 unspecified atom stereocenters. The first-order valence-corrected chi connectivity index (χ1v) is 6.25. The molecule has 7 heteroatoms. The molecule has 20 heavy (non-hydrogen) atoms. The highest BCUT2D eigenvalue weighted by Gasteiger charge is 2.04. The third kappa shape index (κ3) is 6.17. The van der Waals surface area contributed by atoms with Gasteiger partial charge in [-0.05, 0) is 24.6 Å². The number of nitrogens with two attached hydrogens (primary N) is 2. The van der Waals surface area contributed by atoms with Gasteiger partial charge in [0.2, 0.25) is 5.91 Å². The zero-order valence-electron chi connectivity index (χ0n) is 11.4. The van der Waals surface area contributed by atoms with Crippen LogP contribution >= 0.6 is 0 Å². The van der Waals surface area contributed by atoms with Gasteiger partial charge in [-0.25, -0.2) is 4.79 Å². The first-order chi connectivity index (χ1) is 9.49. The summed E-state index contributed by atoms with van der Waals surface area (Å²) in [6, 6.07) is 6.86. The van der Waals surface area contributed by atoms with Gasteiger partial charge >= 0.3 is 6.03 Å². The van der Waals surface area contributed by atoms with Crippen molar-refractivity contribution in [2.75, 3.05) is 25.1 Å². The van der Waals surface area contributed by atoms with E-state index in [1.165, 1.54) is 0 Å². The summed E-state index contributed by atoms with van der Waals surface area (Å²) in [4.78, 5) is 22.0. The average Bonchev–Trinajstić information content (AvgIpc) is 2.38. The lowest BCUT2D eigenvalue weighted by Crippen LogP contribution is -2.32. The molecule has 0 saturated heterocycles. The summed E-state index contributed by atoms with van der Waals surface area (Å²) in [7, 11) is 0. The highest BCUT2D eigenvalue weighted by molar-refractivity contribution is 5.89. The minimum Gasteiger partial charge on any atom is -0.370 e. The van der Waals surface area contributed by atoms with Crippen molar-refractivity contribution in [2.24, 2.45) is 11.5 Å². The van der Waals surface area contributed by atoms with E-state index in [0.29, 0.717) is 5.69 Å². The third-order valence-electron chi connectivity index (χ3n) is 2.45. The molecule has 0 spiro atoms. The van der Waals surface area contributed by atoms with Crippen LogP contribution in [0, 0.1) is 0 Å². The van der Waals surface area contributed by atoms with E-state index in [1.54, 1.807) is 6.07 Å².